The van der Waals surface area contributed by atoms with Gasteiger partial charge in [0.05, 0.1) is 0 Å². The summed E-state index contributed by atoms with van der Waals surface area (Å²) >= 11 is 0. The molecule has 1 unspecified atom stereocenters. The van der Waals surface area contributed by atoms with E-state index in [1.165, 1.54) is 19.3 Å². The molecule has 0 radical (unpaired) electrons. The lowest BCUT2D eigenvalue weighted by Crippen LogP contribution is -2.52. The first kappa shape index (κ1) is 18.8. The average molecular weight is 396 g/mol. The summed E-state index contributed by atoms with van der Waals surface area (Å²) < 4.78 is 0. The number of piperidine rings is 1. The van der Waals surface area contributed by atoms with E-state index in [0.29, 0.717) is 24.4 Å². The van der Waals surface area contributed by atoms with Crippen molar-refractivity contribution in [1.82, 2.24) is 15.1 Å². The number of nitrogens with zero attached hydrogens (tertiary/aromatic N) is 2. The van der Waals surface area contributed by atoms with Gasteiger partial charge in [-0.05, 0) is 42.4 Å². The number of carbonyl (C=O) groups is 3. The summed E-state index contributed by atoms with van der Waals surface area (Å²) in [6, 6.07) is 5.52. The minimum Gasteiger partial charge on any atom is -0.324 e. The maximum absolute atomic E-state index is 13.0. The quantitative estimate of drug-likeness (QED) is 0.748. The summed E-state index contributed by atoms with van der Waals surface area (Å²) in [7, 11) is 0. The monoisotopic (exact) mass is 396 g/mol. The highest BCUT2D eigenvalue weighted by atomic mass is 16.2. The molecule has 1 aromatic carbocycles. The molecule has 3 N–H and O–H groups in total. The van der Waals surface area contributed by atoms with Gasteiger partial charge in [-0.15, -0.1) is 0 Å². The first-order valence-electron chi connectivity index (χ1n) is 10.7. The molecule has 7 nitrogen and oxygen atoms in total. The number of rotatable bonds is 3. The van der Waals surface area contributed by atoms with Crippen molar-refractivity contribution in [2.45, 2.75) is 63.2 Å². The van der Waals surface area contributed by atoms with E-state index < -0.39 is 6.04 Å². The predicted octanol–water partition coefficient (Wildman–Crippen LogP) is 1.15. The van der Waals surface area contributed by atoms with Crippen molar-refractivity contribution >= 4 is 17.7 Å². The Bertz CT molecular complexity index is 885. The van der Waals surface area contributed by atoms with Crippen LogP contribution in [0.3, 0.4) is 0 Å². The molecule has 3 amide bonds. The van der Waals surface area contributed by atoms with Crippen LogP contribution in [0.4, 0.5) is 0 Å². The van der Waals surface area contributed by atoms with Crippen molar-refractivity contribution in [3.8, 4) is 0 Å². The smallest absolute Gasteiger partial charge is 0.255 e. The molecule has 1 aromatic rings. The van der Waals surface area contributed by atoms with Gasteiger partial charge in [-0.1, -0.05) is 25.0 Å². The van der Waals surface area contributed by atoms with Crippen LogP contribution in [0.15, 0.2) is 18.2 Å². The minimum absolute atomic E-state index is 0.0482. The Morgan fingerprint density at radius 1 is 1.17 bits per heavy atom. The fraction of sp³-hybridized carbons (Fsp3) is 0.591. The maximum Gasteiger partial charge on any atom is 0.255 e. The van der Waals surface area contributed by atoms with Crippen LogP contribution >= 0.6 is 0 Å². The largest absolute Gasteiger partial charge is 0.324 e. The molecule has 3 heterocycles. The van der Waals surface area contributed by atoms with Gasteiger partial charge in [-0.3, -0.25) is 24.6 Å². The van der Waals surface area contributed by atoms with Crippen LogP contribution in [0.5, 0.6) is 0 Å². The summed E-state index contributed by atoms with van der Waals surface area (Å²) in [6.07, 6.45) is 5.50. The van der Waals surface area contributed by atoms with Crippen LogP contribution in [0.2, 0.25) is 0 Å². The second-order valence-electron chi connectivity index (χ2n) is 9.24. The topological polar surface area (TPSA) is 95.7 Å². The first-order chi connectivity index (χ1) is 13.9. The molecule has 1 saturated carbocycles. The fourth-order valence-corrected chi connectivity index (χ4v) is 5.69. The van der Waals surface area contributed by atoms with E-state index in [9.17, 15) is 14.4 Å². The van der Waals surface area contributed by atoms with E-state index in [2.05, 4.69) is 16.3 Å². The molecule has 3 atom stereocenters. The molecule has 0 bridgehead atoms. The third kappa shape index (κ3) is 3.26. The molecule has 0 aromatic heterocycles. The van der Waals surface area contributed by atoms with Crippen molar-refractivity contribution < 1.29 is 14.4 Å². The Balaban J connectivity index is 1.29. The van der Waals surface area contributed by atoms with Gasteiger partial charge < -0.3 is 10.6 Å². The van der Waals surface area contributed by atoms with E-state index in [4.69, 9.17) is 5.73 Å². The SMILES string of the molecule is N[C@@]12CCCC[C@@H]1CN(Cc1ccc3c(c1)C(=O)N(C1CCC(=O)NC1=O)C3)C2. The number of hydrogen-bond acceptors (Lipinski definition) is 5. The summed E-state index contributed by atoms with van der Waals surface area (Å²) in [5.41, 5.74) is 9.39. The van der Waals surface area contributed by atoms with Gasteiger partial charge in [0.1, 0.15) is 6.04 Å². The Labute approximate surface area is 170 Å². The number of benzene rings is 1. The van der Waals surface area contributed by atoms with Crippen LogP contribution < -0.4 is 11.1 Å². The molecule has 29 heavy (non-hydrogen) atoms. The Hall–Kier alpha value is -2.25. The van der Waals surface area contributed by atoms with Gasteiger partial charge in [-0.25, -0.2) is 0 Å². The highest BCUT2D eigenvalue weighted by molar-refractivity contribution is 6.05. The Morgan fingerprint density at radius 2 is 2.03 bits per heavy atom. The van der Waals surface area contributed by atoms with Gasteiger partial charge in [0, 0.05) is 43.7 Å². The fourth-order valence-electron chi connectivity index (χ4n) is 5.69. The number of nitrogens with two attached hydrogens (primary N) is 1. The molecule has 7 heteroatoms. The van der Waals surface area contributed by atoms with Crippen molar-refractivity contribution in [2.24, 2.45) is 11.7 Å². The molecule has 2 saturated heterocycles. The van der Waals surface area contributed by atoms with E-state index in [0.717, 1.165) is 37.2 Å². The predicted molar refractivity (Wildman–Crippen MR) is 107 cm³/mol. The highest BCUT2D eigenvalue weighted by Gasteiger charge is 2.44. The number of fused-ring (bicyclic) bond motifs is 2. The van der Waals surface area contributed by atoms with Gasteiger partial charge in [0.2, 0.25) is 11.8 Å². The summed E-state index contributed by atoms with van der Waals surface area (Å²) in [5.74, 6) is -0.158. The zero-order valence-electron chi connectivity index (χ0n) is 16.7. The summed E-state index contributed by atoms with van der Waals surface area (Å²) in [5, 5.41) is 2.35. The number of amides is 3. The number of hydrogen-bond donors (Lipinski definition) is 2. The van der Waals surface area contributed by atoms with Crippen LogP contribution in [0.25, 0.3) is 0 Å². The normalized spacial score (nSPS) is 32.3. The molecule has 4 aliphatic rings. The van der Waals surface area contributed by atoms with Crippen molar-refractivity contribution in [3.63, 3.8) is 0 Å². The maximum atomic E-state index is 13.0. The summed E-state index contributed by atoms with van der Waals surface area (Å²) in [6.45, 7) is 3.18. The van der Waals surface area contributed by atoms with Crippen molar-refractivity contribution in [2.75, 3.05) is 13.1 Å². The van der Waals surface area contributed by atoms with Gasteiger partial charge in [0.15, 0.2) is 0 Å². The molecule has 0 spiro atoms. The first-order valence-corrected chi connectivity index (χ1v) is 10.7. The zero-order chi connectivity index (χ0) is 20.2. The molecule has 5 rings (SSSR count). The van der Waals surface area contributed by atoms with Crippen LogP contribution in [-0.4, -0.2) is 52.2 Å². The van der Waals surface area contributed by atoms with E-state index in [-0.39, 0.29) is 29.7 Å². The lowest BCUT2D eigenvalue weighted by molar-refractivity contribution is -0.136. The van der Waals surface area contributed by atoms with Gasteiger partial charge in [0.25, 0.3) is 5.91 Å². The van der Waals surface area contributed by atoms with Crippen LogP contribution in [0, 0.1) is 5.92 Å². The third-order valence-electron chi connectivity index (χ3n) is 7.25. The van der Waals surface area contributed by atoms with Gasteiger partial charge in [-0.2, -0.15) is 0 Å². The van der Waals surface area contributed by atoms with E-state index >= 15 is 0 Å². The molecule has 3 fully saturated rings. The van der Waals surface area contributed by atoms with Crippen LogP contribution in [0.1, 0.15) is 60.0 Å². The number of nitrogens with one attached hydrogen (secondary N) is 1. The standard InChI is InChI=1S/C22H28N4O3/c23-22-8-2-1-3-16(22)12-25(13-22)10-14-4-5-15-11-26(21(29)17(15)9-14)18-6-7-19(27)24-20(18)28/h4-5,9,16,18H,1-3,6-8,10-13,23H2,(H,24,27,28)/t16-,18?,22-/m1/s1. The third-order valence-corrected chi connectivity index (χ3v) is 7.25. The molecule has 154 valence electrons. The Kier molecular flexibility index (Phi) is 4.47. The molecular weight excluding hydrogens is 368 g/mol. The Morgan fingerprint density at radius 3 is 2.83 bits per heavy atom. The van der Waals surface area contributed by atoms with E-state index in [1.807, 2.05) is 12.1 Å². The average Bonchev–Trinajstić information content (AvgIpc) is 3.18. The highest BCUT2D eigenvalue weighted by Crippen LogP contribution is 2.38. The molecule has 1 aliphatic carbocycles. The van der Waals surface area contributed by atoms with E-state index in [1.54, 1.807) is 4.90 Å². The lowest BCUT2D eigenvalue weighted by Gasteiger charge is -2.34. The molecular formula is C22H28N4O3. The minimum atomic E-state index is -0.560. The second kappa shape index (κ2) is 6.92. The molecule has 3 aliphatic heterocycles. The van der Waals surface area contributed by atoms with Crippen LogP contribution in [-0.2, 0) is 22.7 Å². The second-order valence-corrected chi connectivity index (χ2v) is 9.24. The zero-order valence-corrected chi connectivity index (χ0v) is 16.7. The van der Waals surface area contributed by atoms with Crippen molar-refractivity contribution in [1.29, 1.82) is 0 Å². The van der Waals surface area contributed by atoms with Gasteiger partial charge >= 0.3 is 0 Å². The number of imide groups is 1. The number of carbonyl (C=O) groups excluding carboxylic acids is 3. The number of likely N-dealkylation sites (tertiary alicyclic amines) is 1. The van der Waals surface area contributed by atoms with Crippen molar-refractivity contribution in [3.05, 3.63) is 34.9 Å². The summed E-state index contributed by atoms with van der Waals surface area (Å²) in [4.78, 5) is 40.6. The lowest BCUT2D eigenvalue weighted by atomic mass is 9.76.